The number of rotatable bonds is 4. The van der Waals surface area contributed by atoms with Crippen molar-refractivity contribution in [3.63, 3.8) is 0 Å². The highest BCUT2D eigenvalue weighted by atomic mass is 32.1. The van der Waals surface area contributed by atoms with Crippen LogP contribution in [0.4, 0.5) is 5.69 Å². The third kappa shape index (κ3) is 3.26. The summed E-state index contributed by atoms with van der Waals surface area (Å²) in [5, 5.41) is 7.03. The van der Waals surface area contributed by atoms with E-state index in [1.165, 1.54) is 0 Å². The molecule has 1 aliphatic rings. The van der Waals surface area contributed by atoms with Gasteiger partial charge in [0, 0.05) is 17.8 Å². The smallest absolute Gasteiger partial charge is 0.231 e. The van der Waals surface area contributed by atoms with Gasteiger partial charge in [0.05, 0.1) is 0 Å². The first-order valence-electron chi connectivity index (χ1n) is 6.16. The Morgan fingerprint density at radius 1 is 1.39 bits per heavy atom. The van der Waals surface area contributed by atoms with E-state index < -0.39 is 0 Å². The summed E-state index contributed by atoms with van der Waals surface area (Å²) in [4.78, 5) is 0. The average Bonchev–Trinajstić information content (AvgIpc) is 2.76. The predicted octanol–water partition coefficient (Wildman–Crippen LogP) is 2.89. The van der Waals surface area contributed by atoms with Gasteiger partial charge in [-0.05, 0) is 37.7 Å². The van der Waals surface area contributed by atoms with Crippen molar-refractivity contribution in [2.75, 3.05) is 12.1 Å². The standard InChI is InChI=1S/C13H18N2O2S/c1-3-4-9(2)14-13(18)15-10-5-6-11-12(7-10)17-8-16-11/h5-7,9H,3-4,8H2,1-2H3,(H2,14,15,18). The molecule has 98 valence electrons. The van der Waals surface area contributed by atoms with E-state index in [4.69, 9.17) is 21.7 Å². The van der Waals surface area contributed by atoms with Crippen molar-refractivity contribution >= 4 is 23.0 Å². The minimum Gasteiger partial charge on any atom is -0.454 e. The summed E-state index contributed by atoms with van der Waals surface area (Å²) >= 11 is 5.26. The van der Waals surface area contributed by atoms with Crippen LogP contribution >= 0.6 is 12.2 Å². The molecule has 0 aliphatic carbocycles. The van der Waals surface area contributed by atoms with Crippen LogP contribution < -0.4 is 20.1 Å². The van der Waals surface area contributed by atoms with E-state index in [2.05, 4.69) is 24.5 Å². The Morgan fingerprint density at radius 2 is 2.17 bits per heavy atom. The molecule has 0 saturated heterocycles. The van der Waals surface area contributed by atoms with Gasteiger partial charge in [-0.15, -0.1) is 0 Å². The predicted molar refractivity (Wildman–Crippen MR) is 76.3 cm³/mol. The van der Waals surface area contributed by atoms with Gasteiger partial charge in [-0.2, -0.15) is 0 Å². The molecule has 1 heterocycles. The maximum atomic E-state index is 5.31. The number of nitrogens with one attached hydrogen (secondary N) is 2. The fourth-order valence-electron chi connectivity index (χ4n) is 1.87. The molecule has 1 aromatic carbocycles. The van der Waals surface area contributed by atoms with Gasteiger partial charge in [-0.25, -0.2) is 0 Å². The molecule has 0 amide bonds. The number of hydrogen-bond donors (Lipinski definition) is 2. The lowest BCUT2D eigenvalue weighted by Gasteiger charge is -2.16. The summed E-state index contributed by atoms with van der Waals surface area (Å²) in [6.07, 6.45) is 2.24. The zero-order valence-electron chi connectivity index (χ0n) is 10.7. The van der Waals surface area contributed by atoms with Crippen LogP contribution in [0.3, 0.4) is 0 Å². The third-order valence-corrected chi connectivity index (χ3v) is 2.95. The number of thiocarbonyl (C=S) groups is 1. The van der Waals surface area contributed by atoms with E-state index in [1.807, 2.05) is 18.2 Å². The molecule has 0 spiro atoms. The van der Waals surface area contributed by atoms with Crippen molar-refractivity contribution in [2.45, 2.75) is 32.7 Å². The van der Waals surface area contributed by atoms with Crippen LogP contribution in [0.15, 0.2) is 18.2 Å². The van der Waals surface area contributed by atoms with E-state index in [0.29, 0.717) is 11.2 Å². The fraction of sp³-hybridized carbons (Fsp3) is 0.462. The van der Waals surface area contributed by atoms with Gasteiger partial charge in [-0.1, -0.05) is 13.3 Å². The maximum absolute atomic E-state index is 5.31. The molecule has 1 aliphatic heterocycles. The van der Waals surface area contributed by atoms with Gasteiger partial charge in [0.2, 0.25) is 6.79 Å². The highest BCUT2D eigenvalue weighted by Gasteiger charge is 2.13. The highest BCUT2D eigenvalue weighted by Crippen LogP contribution is 2.34. The molecule has 2 N–H and O–H groups in total. The molecule has 0 saturated carbocycles. The molecule has 0 fully saturated rings. The van der Waals surface area contributed by atoms with Gasteiger partial charge in [0.15, 0.2) is 16.6 Å². The molecule has 2 rings (SSSR count). The zero-order chi connectivity index (χ0) is 13.0. The van der Waals surface area contributed by atoms with E-state index in [1.54, 1.807) is 0 Å². The molecule has 0 aromatic heterocycles. The van der Waals surface area contributed by atoms with Crippen LogP contribution in [-0.4, -0.2) is 17.9 Å². The quantitative estimate of drug-likeness (QED) is 0.820. The molecular formula is C13H18N2O2S. The van der Waals surface area contributed by atoms with Gasteiger partial charge in [-0.3, -0.25) is 0 Å². The van der Waals surface area contributed by atoms with E-state index in [9.17, 15) is 0 Å². The summed E-state index contributed by atoms with van der Waals surface area (Å²) in [5.41, 5.74) is 0.903. The molecule has 1 atom stereocenters. The zero-order valence-corrected chi connectivity index (χ0v) is 11.5. The number of ether oxygens (including phenoxy) is 2. The summed E-state index contributed by atoms with van der Waals surface area (Å²) in [6.45, 7) is 4.57. The molecule has 5 heteroatoms. The Labute approximate surface area is 113 Å². The summed E-state index contributed by atoms with van der Waals surface area (Å²) in [5.74, 6) is 1.53. The molecule has 0 bridgehead atoms. The van der Waals surface area contributed by atoms with Gasteiger partial charge in [0.25, 0.3) is 0 Å². The Hall–Kier alpha value is -1.49. The van der Waals surface area contributed by atoms with Gasteiger partial charge >= 0.3 is 0 Å². The Morgan fingerprint density at radius 3 is 2.94 bits per heavy atom. The first-order valence-corrected chi connectivity index (χ1v) is 6.57. The molecule has 4 nitrogen and oxygen atoms in total. The molecule has 1 aromatic rings. The van der Waals surface area contributed by atoms with Crippen molar-refractivity contribution in [2.24, 2.45) is 0 Å². The number of fused-ring (bicyclic) bond motifs is 1. The van der Waals surface area contributed by atoms with E-state index in [0.717, 1.165) is 30.0 Å². The number of hydrogen-bond acceptors (Lipinski definition) is 3. The molecular weight excluding hydrogens is 248 g/mol. The highest BCUT2D eigenvalue weighted by molar-refractivity contribution is 7.80. The van der Waals surface area contributed by atoms with Crippen molar-refractivity contribution < 1.29 is 9.47 Å². The van der Waals surface area contributed by atoms with Gasteiger partial charge < -0.3 is 20.1 Å². The number of benzene rings is 1. The van der Waals surface area contributed by atoms with Crippen LogP contribution in [0.5, 0.6) is 11.5 Å². The lowest BCUT2D eigenvalue weighted by Crippen LogP contribution is -2.35. The van der Waals surface area contributed by atoms with E-state index in [-0.39, 0.29) is 6.79 Å². The lowest BCUT2D eigenvalue weighted by atomic mass is 10.2. The monoisotopic (exact) mass is 266 g/mol. The summed E-state index contributed by atoms with van der Waals surface area (Å²) < 4.78 is 10.6. The van der Waals surface area contributed by atoms with Crippen LogP contribution in [0, 0.1) is 0 Å². The summed E-state index contributed by atoms with van der Waals surface area (Å²) in [7, 11) is 0. The second-order valence-corrected chi connectivity index (χ2v) is 4.76. The van der Waals surface area contributed by atoms with Crippen molar-refractivity contribution in [1.82, 2.24) is 5.32 Å². The SMILES string of the molecule is CCCC(C)NC(=S)Nc1ccc2c(c1)OCO2. The molecule has 0 radical (unpaired) electrons. The van der Waals surface area contributed by atoms with Crippen LogP contribution in [0.2, 0.25) is 0 Å². The lowest BCUT2D eigenvalue weighted by molar-refractivity contribution is 0.174. The normalized spacial score (nSPS) is 14.1. The van der Waals surface area contributed by atoms with Crippen molar-refractivity contribution in [1.29, 1.82) is 0 Å². The van der Waals surface area contributed by atoms with Crippen LogP contribution in [0.25, 0.3) is 0 Å². The van der Waals surface area contributed by atoms with E-state index >= 15 is 0 Å². The topological polar surface area (TPSA) is 42.5 Å². The molecule has 18 heavy (non-hydrogen) atoms. The van der Waals surface area contributed by atoms with Crippen LogP contribution in [-0.2, 0) is 0 Å². The van der Waals surface area contributed by atoms with Crippen LogP contribution in [0.1, 0.15) is 26.7 Å². The minimum absolute atomic E-state index is 0.287. The Bertz CT molecular complexity index is 437. The van der Waals surface area contributed by atoms with Crippen molar-refractivity contribution in [3.8, 4) is 11.5 Å². The largest absolute Gasteiger partial charge is 0.454 e. The fourth-order valence-corrected chi connectivity index (χ4v) is 2.19. The minimum atomic E-state index is 0.287. The first-order chi connectivity index (χ1) is 8.69. The second-order valence-electron chi connectivity index (χ2n) is 4.36. The van der Waals surface area contributed by atoms with Gasteiger partial charge in [0.1, 0.15) is 0 Å². The first kappa shape index (κ1) is 13.0. The second kappa shape index (κ2) is 5.91. The number of anilines is 1. The summed E-state index contributed by atoms with van der Waals surface area (Å²) in [6, 6.07) is 6.07. The average molecular weight is 266 g/mol. The Balaban J connectivity index is 1.91. The maximum Gasteiger partial charge on any atom is 0.231 e. The Kier molecular flexibility index (Phi) is 4.25. The third-order valence-electron chi connectivity index (χ3n) is 2.73. The van der Waals surface area contributed by atoms with Crippen molar-refractivity contribution in [3.05, 3.63) is 18.2 Å². The molecule has 1 unspecified atom stereocenters.